The van der Waals surface area contributed by atoms with Crippen LogP contribution in [0.1, 0.15) is 16.8 Å². The molecule has 29 heavy (non-hydrogen) atoms. The number of methoxy groups -OCH3 is 2. The molecule has 154 valence electrons. The topological polar surface area (TPSA) is 64.1 Å². The van der Waals surface area contributed by atoms with Crippen LogP contribution >= 0.6 is 0 Å². The summed E-state index contributed by atoms with van der Waals surface area (Å²) in [4.78, 5) is 4.88. The van der Waals surface area contributed by atoms with Gasteiger partial charge in [-0.25, -0.2) is 0 Å². The summed E-state index contributed by atoms with van der Waals surface area (Å²) in [6.07, 6.45) is 1.64. The molecule has 7 heteroatoms. The highest BCUT2D eigenvalue weighted by molar-refractivity contribution is 5.49. The number of hydrogen-bond acceptors (Lipinski definition) is 7. The Balaban J connectivity index is 1.32. The zero-order valence-electron chi connectivity index (χ0n) is 17.2. The molecule has 4 rings (SSSR count). The van der Waals surface area contributed by atoms with E-state index >= 15 is 0 Å². The van der Waals surface area contributed by atoms with Gasteiger partial charge in [-0.2, -0.15) is 0 Å². The van der Waals surface area contributed by atoms with Gasteiger partial charge in [-0.1, -0.05) is 5.16 Å². The lowest BCUT2D eigenvalue weighted by atomic mass is 10.1. The summed E-state index contributed by atoms with van der Waals surface area (Å²) < 4.78 is 21.6. The Bertz CT molecular complexity index is 928. The highest BCUT2D eigenvalue weighted by Gasteiger charge is 2.20. The van der Waals surface area contributed by atoms with Crippen LogP contribution in [0.3, 0.4) is 0 Å². The summed E-state index contributed by atoms with van der Waals surface area (Å²) in [5.74, 6) is 2.94. The van der Waals surface area contributed by atoms with Crippen LogP contribution in [0.2, 0.25) is 0 Å². The van der Waals surface area contributed by atoms with Crippen LogP contribution in [0.15, 0.2) is 45.5 Å². The standard InChI is InChI=1S/C22H27N3O4/c1-16-11-20(26-2)21(27-3)12-17(16)14-24-6-8-25(9-7-24)15-18-13-22(29-23-18)19-5-4-10-28-19/h4-5,10-13H,6-9,14-15H2,1-3H3. The Kier molecular flexibility index (Phi) is 5.87. The Morgan fingerprint density at radius 2 is 1.62 bits per heavy atom. The zero-order chi connectivity index (χ0) is 20.2. The fraction of sp³-hybridized carbons (Fsp3) is 0.409. The number of nitrogens with zero attached hydrogens (tertiary/aromatic N) is 3. The third-order valence-electron chi connectivity index (χ3n) is 5.41. The van der Waals surface area contributed by atoms with Crippen LogP contribution in [0.25, 0.3) is 11.5 Å². The van der Waals surface area contributed by atoms with E-state index in [1.165, 1.54) is 11.1 Å². The maximum atomic E-state index is 5.46. The second-order valence-electron chi connectivity index (χ2n) is 7.35. The van der Waals surface area contributed by atoms with E-state index in [9.17, 15) is 0 Å². The molecule has 1 fully saturated rings. The smallest absolute Gasteiger partial charge is 0.202 e. The first-order valence-electron chi connectivity index (χ1n) is 9.82. The highest BCUT2D eigenvalue weighted by atomic mass is 16.5. The Morgan fingerprint density at radius 3 is 2.28 bits per heavy atom. The Hall–Kier alpha value is -2.77. The predicted octanol–water partition coefficient (Wildman–Crippen LogP) is 3.58. The van der Waals surface area contributed by atoms with Gasteiger partial charge in [0.15, 0.2) is 17.3 Å². The molecule has 3 aromatic rings. The van der Waals surface area contributed by atoms with Gasteiger partial charge >= 0.3 is 0 Å². The van der Waals surface area contributed by atoms with E-state index < -0.39 is 0 Å². The van der Waals surface area contributed by atoms with Gasteiger partial charge in [-0.05, 0) is 42.3 Å². The summed E-state index contributed by atoms with van der Waals surface area (Å²) in [5.41, 5.74) is 3.43. The van der Waals surface area contributed by atoms with Gasteiger partial charge < -0.3 is 18.4 Å². The summed E-state index contributed by atoms with van der Waals surface area (Å²) in [7, 11) is 3.35. The fourth-order valence-electron chi connectivity index (χ4n) is 3.69. The van der Waals surface area contributed by atoms with Crippen LogP contribution in [0, 0.1) is 6.92 Å². The number of rotatable bonds is 7. The van der Waals surface area contributed by atoms with Gasteiger partial charge in [0, 0.05) is 45.3 Å². The van der Waals surface area contributed by atoms with E-state index in [1.54, 1.807) is 20.5 Å². The lowest BCUT2D eigenvalue weighted by molar-refractivity contribution is 0.120. The van der Waals surface area contributed by atoms with Crippen molar-refractivity contribution < 1.29 is 18.4 Å². The molecule has 7 nitrogen and oxygen atoms in total. The quantitative estimate of drug-likeness (QED) is 0.604. The Morgan fingerprint density at radius 1 is 0.931 bits per heavy atom. The molecular weight excluding hydrogens is 370 g/mol. The normalized spacial score (nSPS) is 15.6. The molecule has 0 saturated carbocycles. The largest absolute Gasteiger partial charge is 0.493 e. The number of aryl methyl sites for hydroxylation is 1. The molecule has 3 heterocycles. The Labute approximate surface area is 170 Å². The van der Waals surface area contributed by atoms with Crippen LogP contribution < -0.4 is 9.47 Å². The van der Waals surface area contributed by atoms with Gasteiger partial charge in [0.1, 0.15) is 0 Å². The van der Waals surface area contributed by atoms with E-state index in [1.807, 2.05) is 24.3 Å². The molecule has 1 aromatic carbocycles. The minimum absolute atomic E-state index is 0.674. The van der Waals surface area contributed by atoms with Crippen molar-refractivity contribution in [2.45, 2.75) is 20.0 Å². The van der Waals surface area contributed by atoms with E-state index in [2.05, 4.69) is 27.9 Å². The van der Waals surface area contributed by atoms with Crippen LogP contribution in [-0.4, -0.2) is 55.4 Å². The van der Waals surface area contributed by atoms with Crippen LogP contribution in [-0.2, 0) is 13.1 Å². The molecule has 0 atom stereocenters. The summed E-state index contributed by atoms with van der Waals surface area (Å²) >= 11 is 0. The zero-order valence-corrected chi connectivity index (χ0v) is 17.2. The SMILES string of the molecule is COc1cc(C)c(CN2CCN(Cc3cc(-c4ccco4)on3)CC2)cc1OC. The van der Waals surface area contributed by atoms with Crippen molar-refractivity contribution in [3.05, 3.63) is 53.4 Å². The first kappa shape index (κ1) is 19.5. The van der Waals surface area contributed by atoms with E-state index in [0.717, 1.165) is 56.5 Å². The number of furan rings is 1. The van der Waals surface area contributed by atoms with Crippen molar-refractivity contribution in [2.24, 2.45) is 0 Å². The third-order valence-corrected chi connectivity index (χ3v) is 5.41. The first-order chi connectivity index (χ1) is 14.2. The fourth-order valence-corrected chi connectivity index (χ4v) is 3.69. The highest BCUT2D eigenvalue weighted by Crippen LogP contribution is 2.31. The van der Waals surface area contributed by atoms with Crippen molar-refractivity contribution in [2.75, 3.05) is 40.4 Å². The predicted molar refractivity (Wildman–Crippen MR) is 109 cm³/mol. The van der Waals surface area contributed by atoms with Gasteiger partial charge in [0.05, 0.1) is 26.2 Å². The number of ether oxygens (including phenoxy) is 2. The summed E-state index contributed by atoms with van der Waals surface area (Å²) in [6, 6.07) is 9.81. The van der Waals surface area contributed by atoms with Crippen molar-refractivity contribution >= 4 is 0 Å². The molecule has 0 unspecified atom stereocenters. The number of hydrogen-bond donors (Lipinski definition) is 0. The monoisotopic (exact) mass is 397 g/mol. The average Bonchev–Trinajstić information content (AvgIpc) is 3.42. The summed E-state index contributed by atoms with van der Waals surface area (Å²) in [5, 5.41) is 4.18. The van der Waals surface area contributed by atoms with Gasteiger partial charge in [-0.3, -0.25) is 9.80 Å². The van der Waals surface area contributed by atoms with Crippen molar-refractivity contribution in [3.63, 3.8) is 0 Å². The molecule has 0 aliphatic carbocycles. The number of benzene rings is 1. The van der Waals surface area contributed by atoms with E-state index in [4.69, 9.17) is 18.4 Å². The third kappa shape index (κ3) is 4.46. The van der Waals surface area contributed by atoms with E-state index in [0.29, 0.717) is 11.5 Å². The molecule has 1 aliphatic rings. The molecular formula is C22H27N3O4. The van der Waals surface area contributed by atoms with E-state index in [-0.39, 0.29) is 0 Å². The molecule has 1 saturated heterocycles. The molecule has 0 bridgehead atoms. The maximum absolute atomic E-state index is 5.46. The molecule has 0 amide bonds. The van der Waals surface area contributed by atoms with Crippen molar-refractivity contribution in [1.82, 2.24) is 15.0 Å². The van der Waals surface area contributed by atoms with Gasteiger partial charge in [0.25, 0.3) is 0 Å². The number of piperazine rings is 1. The maximum Gasteiger partial charge on any atom is 0.202 e. The second-order valence-corrected chi connectivity index (χ2v) is 7.35. The van der Waals surface area contributed by atoms with Gasteiger partial charge in [0.2, 0.25) is 5.76 Å². The molecule has 0 spiro atoms. The van der Waals surface area contributed by atoms with Gasteiger partial charge in [-0.15, -0.1) is 0 Å². The summed E-state index contributed by atoms with van der Waals surface area (Å²) in [6.45, 7) is 7.83. The van der Waals surface area contributed by atoms with Crippen molar-refractivity contribution in [1.29, 1.82) is 0 Å². The lowest BCUT2D eigenvalue weighted by Gasteiger charge is -2.34. The first-order valence-corrected chi connectivity index (χ1v) is 9.82. The van der Waals surface area contributed by atoms with Crippen LogP contribution in [0.4, 0.5) is 0 Å². The second kappa shape index (κ2) is 8.71. The number of aromatic nitrogens is 1. The molecule has 2 aromatic heterocycles. The minimum atomic E-state index is 0.674. The van der Waals surface area contributed by atoms with Crippen LogP contribution in [0.5, 0.6) is 11.5 Å². The van der Waals surface area contributed by atoms with Crippen molar-refractivity contribution in [3.8, 4) is 23.0 Å². The molecule has 0 N–H and O–H groups in total. The lowest BCUT2D eigenvalue weighted by Crippen LogP contribution is -2.45. The molecule has 0 radical (unpaired) electrons. The minimum Gasteiger partial charge on any atom is -0.493 e. The molecule has 1 aliphatic heterocycles. The average molecular weight is 397 g/mol.